The quantitative estimate of drug-likeness (QED) is 0.890. The van der Waals surface area contributed by atoms with E-state index in [1.807, 2.05) is 37.4 Å². The second-order valence-corrected chi connectivity index (χ2v) is 6.18. The molecule has 1 amide bonds. The summed E-state index contributed by atoms with van der Waals surface area (Å²) in [6.45, 7) is 1.99. The molecule has 1 aromatic carbocycles. The first-order valence-corrected chi connectivity index (χ1v) is 8.14. The number of methoxy groups -OCH3 is 1. The molecule has 5 nitrogen and oxygen atoms in total. The summed E-state index contributed by atoms with van der Waals surface area (Å²) in [6, 6.07) is 7.68. The summed E-state index contributed by atoms with van der Waals surface area (Å²) in [5.41, 5.74) is 1.87. The fourth-order valence-corrected chi connectivity index (χ4v) is 2.85. The SMILES string of the molecule is COc1ccccc1-n1cc([C@@H](C)NC(=O)CC2CCC2)cn1. The second kappa shape index (κ2) is 6.86. The van der Waals surface area contributed by atoms with Crippen molar-refractivity contribution in [3.8, 4) is 11.4 Å². The maximum absolute atomic E-state index is 12.0. The minimum atomic E-state index is -0.0500. The lowest BCUT2D eigenvalue weighted by Gasteiger charge is -2.25. The van der Waals surface area contributed by atoms with Crippen LogP contribution in [0.3, 0.4) is 0 Å². The molecule has 1 aromatic heterocycles. The van der Waals surface area contributed by atoms with Crippen LogP contribution in [0.4, 0.5) is 0 Å². The lowest BCUT2D eigenvalue weighted by Crippen LogP contribution is -2.29. The number of ether oxygens (including phenoxy) is 1. The smallest absolute Gasteiger partial charge is 0.220 e. The number of carbonyl (C=O) groups is 1. The van der Waals surface area contributed by atoms with Crippen LogP contribution >= 0.6 is 0 Å². The van der Waals surface area contributed by atoms with Gasteiger partial charge in [-0.2, -0.15) is 5.10 Å². The average molecular weight is 313 g/mol. The van der Waals surface area contributed by atoms with Gasteiger partial charge in [-0.05, 0) is 37.8 Å². The molecule has 1 heterocycles. The molecule has 1 atom stereocenters. The molecule has 0 saturated heterocycles. The van der Waals surface area contributed by atoms with Crippen molar-refractivity contribution in [1.29, 1.82) is 0 Å². The topological polar surface area (TPSA) is 56.1 Å². The molecule has 5 heteroatoms. The maximum atomic E-state index is 12.0. The summed E-state index contributed by atoms with van der Waals surface area (Å²) in [7, 11) is 1.65. The van der Waals surface area contributed by atoms with Gasteiger partial charge < -0.3 is 10.1 Å². The van der Waals surface area contributed by atoms with E-state index in [4.69, 9.17) is 4.74 Å². The summed E-state index contributed by atoms with van der Waals surface area (Å²) < 4.78 is 7.15. The summed E-state index contributed by atoms with van der Waals surface area (Å²) in [6.07, 6.45) is 8.01. The van der Waals surface area contributed by atoms with Crippen LogP contribution in [-0.4, -0.2) is 22.8 Å². The molecule has 122 valence electrons. The molecular formula is C18H23N3O2. The fourth-order valence-electron chi connectivity index (χ4n) is 2.85. The lowest BCUT2D eigenvalue weighted by molar-refractivity contribution is -0.123. The van der Waals surface area contributed by atoms with Crippen molar-refractivity contribution in [2.45, 2.75) is 38.6 Å². The van der Waals surface area contributed by atoms with Gasteiger partial charge in [0.1, 0.15) is 11.4 Å². The Bertz CT molecular complexity index is 676. The number of amides is 1. The Kier molecular flexibility index (Phi) is 4.65. The molecule has 23 heavy (non-hydrogen) atoms. The van der Waals surface area contributed by atoms with Crippen molar-refractivity contribution in [3.05, 3.63) is 42.2 Å². The molecular weight excluding hydrogens is 290 g/mol. The zero-order chi connectivity index (χ0) is 16.2. The zero-order valence-electron chi connectivity index (χ0n) is 13.7. The van der Waals surface area contributed by atoms with Crippen LogP contribution in [0.5, 0.6) is 5.75 Å². The van der Waals surface area contributed by atoms with Gasteiger partial charge in [0.2, 0.25) is 5.91 Å². The zero-order valence-corrected chi connectivity index (χ0v) is 13.7. The number of hydrogen-bond acceptors (Lipinski definition) is 3. The molecule has 1 N–H and O–H groups in total. The van der Waals surface area contributed by atoms with Gasteiger partial charge in [-0.1, -0.05) is 18.6 Å². The van der Waals surface area contributed by atoms with Crippen LogP contribution in [0, 0.1) is 5.92 Å². The van der Waals surface area contributed by atoms with Gasteiger partial charge in [0, 0.05) is 18.2 Å². The molecule has 1 aliphatic carbocycles. The third-order valence-electron chi connectivity index (χ3n) is 4.51. The highest BCUT2D eigenvalue weighted by Crippen LogP contribution is 2.29. The number of benzene rings is 1. The summed E-state index contributed by atoms with van der Waals surface area (Å²) in [4.78, 5) is 12.0. The molecule has 2 aromatic rings. The molecule has 0 bridgehead atoms. The predicted octanol–water partition coefficient (Wildman–Crippen LogP) is 3.25. The summed E-state index contributed by atoms with van der Waals surface area (Å²) in [5, 5.41) is 7.46. The number of rotatable bonds is 6. The monoisotopic (exact) mass is 313 g/mol. The van der Waals surface area contributed by atoms with Crippen LogP contribution in [0.25, 0.3) is 5.69 Å². The van der Waals surface area contributed by atoms with Crippen molar-refractivity contribution >= 4 is 5.91 Å². The summed E-state index contributed by atoms with van der Waals surface area (Å²) >= 11 is 0. The normalized spacial score (nSPS) is 15.7. The highest BCUT2D eigenvalue weighted by molar-refractivity contribution is 5.76. The van der Waals surface area contributed by atoms with Crippen LogP contribution < -0.4 is 10.1 Å². The number of aromatic nitrogens is 2. The van der Waals surface area contributed by atoms with E-state index in [1.54, 1.807) is 18.0 Å². The Morgan fingerprint density at radius 2 is 2.22 bits per heavy atom. The van der Waals surface area contributed by atoms with Crippen LogP contribution in [0.15, 0.2) is 36.7 Å². The standard InChI is InChI=1S/C18H23N3O2/c1-13(20-18(22)10-14-6-5-7-14)15-11-19-21(12-15)16-8-3-4-9-17(16)23-2/h3-4,8-9,11-14H,5-7,10H2,1-2H3,(H,20,22)/t13-/m1/s1. The first-order chi connectivity index (χ1) is 11.2. The Balaban J connectivity index is 1.67. The Morgan fingerprint density at radius 3 is 2.91 bits per heavy atom. The van der Waals surface area contributed by atoms with Gasteiger partial charge in [-0.3, -0.25) is 4.79 Å². The third-order valence-corrected chi connectivity index (χ3v) is 4.51. The van der Waals surface area contributed by atoms with E-state index in [0.717, 1.165) is 17.0 Å². The van der Waals surface area contributed by atoms with Crippen LogP contribution in [0.2, 0.25) is 0 Å². The second-order valence-electron chi connectivity index (χ2n) is 6.18. The average Bonchev–Trinajstić information content (AvgIpc) is 3.01. The molecule has 1 saturated carbocycles. The largest absolute Gasteiger partial charge is 0.494 e. The number of nitrogens with one attached hydrogen (secondary N) is 1. The molecule has 0 aliphatic heterocycles. The van der Waals surface area contributed by atoms with E-state index in [-0.39, 0.29) is 11.9 Å². The van der Waals surface area contributed by atoms with E-state index >= 15 is 0 Å². The number of para-hydroxylation sites is 2. The highest BCUT2D eigenvalue weighted by Gasteiger charge is 2.22. The highest BCUT2D eigenvalue weighted by atomic mass is 16.5. The van der Waals surface area contributed by atoms with Crippen molar-refractivity contribution in [1.82, 2.24) is 15.1 Å². The molecule has 0 spiro atoms. The van der Waals surface area contributed by atoms with E-state index in [0.29, 0.717) is 12.3 Å². The summed E-state index contributed by atoms with van der Waals surface area (Å²) in [5.74, 6) is 1.48. The first kappa shape index (κ1) is 15.6. The minimum absolute atomic E-state index is 0.0500. The van der Waals surface area contributed by atoms with Gasteiger partial charge in [-0.25, -0.2) is 4.68 Å². The fraction of sp³-hybridized carbons (Fsp3) is 0.444. The first-order valence-electron chi connectivity index (χ1n) is 8.14. The van der Waals surface area contributed by atoms with Gasteiger partial charge in [-0.15, -0.1) is 0 Å². The van der Waals surface area contributed by atoms with Crippen molar-refractivity contribution in [2.24, 2.45) is 5.92 Å². The molecule has 1 fully saturated rings. The number of carbonyl (C=O) groups excluding carboxylic acids is 1. The minimum Gasteiger partial charge on any atom is -0.494 e. The van der Waals surface area contributed by atoms with Gasteiger partial charge >= 0.3 is 0 Å². The van der Waals surface area contributed by atoms with Crippen LogP contribution in [-0.2, 0) is 4.79 Å². The molecule has 1 aliphatic rings. The van der Waals surface area contributed by atoms with Crippen LogP contribution in [0.1, 0.15) is 44.2 Å². The van der Waals surface area contributed by atoms with Crippen molar-refractivity contribution in [3.63, 3.8) is 0 Å². The Morgan fingerprint density at radius 1 is 1.43 bits per heavy atom. The van der Waals surface area contributed by atoms with Gasteiger partial charge in [0.05, 0.1) is 19.3 Å². The van der Waals surface area contributed by atoms with E-state index in [1.165, 1.54) is 19.3 Å². The molecule has 0 unspecified atom stereocenters. The number of nitrogens with zero attached hydrogens (tertiary/aromatic N) is 2. The van der Waals surface area contributed by atoms with Gasteiger partial charge in [0.25, 0.3) is 0 Å². The lowest BCUT2D eigenvalue weighted by atomic mass is 9.83. The van der Waals surface area contributed by atoms with Gasteiger partial charge in [0.15, 0.2) is 0 Å². The third kappa shape index (κ3) is 3.55. The molecule has 3 rings (SSSR count). The Hall–Kier alpha value is -2.30. The van der Waals surface area contributed by atoms with E-state index in [2.05, 4.69) is 10.4 Å². The number of hydrogen-bond donors (Lipinski definition) is 1. The van der Waals surface area contributed by atoms with Crippen molar-refractivity contribution in [2.75, 3.05) is 7.11 Å². The Labute approximate surface area is 136 Å². The predicted molar refractivity (Wildman–Crippen MR) is 88.6 cm³/mol. The van der Waals surface area contributed by atoms with E-state index < -0.39 is 0 Å². The molecule has 0 radical (unpaired) electrons. The van der Waals surface area contributed by atoms with E-state index in [9.17, 15) is 4.79 Å². The van der Waals surface area contributed by atoms with Crippen molar-refractivity contribution < 1.29 is 9.53 Å². The maximum Gasteiger partial charge on any atom is 0.220 e.